The quantitative estimate of drug-likeness (QED) is 0.410. The van der Waals surface area contributed by atoms with Gasteiger partial charge >= 0.3 is 0 Å². The van der Waals surface area contributed by atoms with Crippen molar-refractivity contribution in [1.29, 1.82) is 0 Å². The minimum absolute atomic E-state index is 0.133. The summed E-state index contributed by atoms with van der Waals surface area (Å²) in [6.45, 7) is 1.84. The molecule has 0 fully saturated rings. The van der Waals surface area contributed by atoms with Crippen LogP contribution in [0.3, 0.4) is 0 Å². The highest BCUT2D eigenvalue weighted by molar-refractivity contribution is 7.92. The van der Waals surface area contributed by atoms with Crippen LogP contribution < -0.4 is 9.62 Å². The second kappa shape index (κ2) is 12.6. The van der Waals surface area contributed by atoms with E-state index in [1.807, 2.05) is 67.6 Å². The summed E-state index contributed by atoms with van der Waals surface area (Å²) in [5, 5.41) is 3.03. The molecule has 0 bridgehead atoms. The average molecular weight is 528 g/mol. The van der Waals surface area contributed by atoms with Crippen LogP contribution in [0.5, 0.6) is 0 Å². The maximum Gasteiger partial charge on any atom is 0.244 e. The number of benzene rings is 3. The van der Waals surface area contributed by atoms with E-state index in [1.165, 1.54) is 4.90 Å². The number of nitrogens with zero attached hydrogens (tertiary/aromatic N) is 2. The Balaban J connectivity index is 2.03. The van der Waals surface area contributed by atoms with Crippen molar-refractivity contribution in [1.82, 2.24) is 10.2 Å². The zero-order valence-electron chi connectivity index (χ0n) is 20.3. The predicted octanol–water partition coefficient (Wildman–Crippen LogP) is 3.88. The van der Waals surface area contributed by atoms with Crippen molar-refractivity contribution in [2.45, 2.75) is 25.9 Å². The van der Waals surface area contributed by atoms with Gasteiger partial charge in [0.1, 0.15) is 12.6 Å². The van der Waals surface area contributed by atoms with E-state index in [2.05, 4.69) is 5.32 Å². The van der Waals surface area contributed by atoms with E-state index in [0.29, 0.717) is 6.54 Å². The number of para-hydroxylation sites is 1. The van der Waals surface area contributed by atoms with Crippen molar-refractivity contribution in [2.75, 3.05) is 23.7 Å². The number of hydrogen-bond acceptors (Lipinski definition) is 4. The van der Waals surface area contributed by atoms with E-state index >= 15 is 0 Å². The number of likely N-dealkylation sites (N-methyl/N-ethyl adjacent to an activating group) is 1. The highest BCUT2D eigenvalue weighted by Gasteiger charge is 2.33. The first kappa shape index (κ1) is 27.2. The van der Waals surface area contributed by atoms with Gasteiger partial charge in [-0.1, -0.05) is 84.4 Å². The molecule has 0 saturated heterocycles. The molecular formula is C27H30ClN3O4S. The van der Waals surface area contributed by atoms with Gasteiger partial charge in [0.2, 0.25) is 21.8 Å². The lowest BCUT2D eigenvalue weighted by Crippen LogP contribution is -2.53. The first-order chi connectivity index (χ1) is 17.2. The van der Waals surface area contributed by atoms with E-state index < -0.39 is 28.5 Å². The van der Waals surface area contributed by atoms with E-state index in [4.69, 9.17) is 11.6 Å². The van der Waals surface area contributed by atoms with Crippen LogP contribution in [0.1, 0.15) is 18.1 Å². The van der Waals surface area contributed by atoms with Gasteiger partial charge in [-0.05, 0) is 30.2 Å². The fourth-order valence-electron chi connectivity index (χ4n) is 3.87. The molecule has 9 heteroatoms. The molecule has 2 amide bonds. The van der Waals surface area contributed by atoms with Crippen molar-refractivity contribution in [3.63, 3.8) is 0 Å². The number of rotatable bonds is 11. The Morgan fingerprint density at radius 1 is 0.889 bits per heavy atom. The van der Waals surface area contributed by atoms with Crippen molar-refractivity contribution < 1.29 is 18.0 Å². The lowest BCUT2D eigenvalue weighted by molar-refractivity contribution is -0.140. The molecular weight excluding hydrogens is 498 g/mol. The highest BCUT2D eigenvalue weighted by Crippen LogP contribution is 2.27. The summed E-state index contributed by atoms with van der Waals surface area (Å²) in [6.07, 6.45) is 1.30. The molecule has 3 rings (SSSR count). The molecule has 190 valence electrons. The van der Waals surface area contributed by atoms with Crippen LogP contribution in [0.4, 0.5) is 5.69 Å². The molecule has 0 aromatic heterocycles. The lowest BCUT2D eigenvalue weighted by Gasteiger charge is -2.33. The number of sulfonamides is 1. The van der Waals surface area contributed by atoms with E-state index in [0.717, 1.165) is 21.7 Å². The molecule has 3 aromatic carbocycles. The number of carbonyl (C=O) groups is 2. The summed E-state index contributed by atoms with van der Waals surface area (Å²) >= 11 is 6.28. The summed E-state index contributed by atoms with van der Waals surface area (Å²) in [6, 6.07) is 24.3. The Kier molecular flexibility index (Phi) is 9.50. The van der Waals surface area contributed by atoms with E-state index in [-0.39, 0.29) is 29.6 Å². The van der Waals surface area contributed by atoms with Gasteiger partial charge in [-0.2, -0.15) is 0 Å². The molecule has 0 aliphatic rings. The molecule has 0 unspecified atom stereocenters. The number of halogens is 1. The summed E-state index contributed by atoms with van der Waals surface area (Å²) in [4.78, 5) is 28.5. The molecule has 1 N–H and O–H groups in total. The standard InChI is InChI=1S/C27H30ClN3O4S/c1-3-29-27(33)25(18-21-12-6-4-7-13-21)30(19-22-14-8-5-9-15-22)26(32)20-31(36(2,34)35)24-17-11-10-16-23(24)28/h4-17,25H,3,18-20H2,1-2H3,(H,29,33)/t25-/m1/s1. The first-order valence-corrected chi connectivity index (χ1v) is 13.8. The Morgan fingerprint density at radius 3 is 2.00 bits per heavy atom. The number of amides is 2. The SMILES string of the molecule is CCNC(=O)[C@@H](Cc1ccccc1)N(Cc1ccccc1)C(=O)CN(c1ccccc1Cl)S(C)(=O)=O. The van der Waals surface area contributed by atoms with Gasteiger partial charge in [-0.3, -0.25) is 13.9 Å². The normalized spacial score (nSPS) is 12.0. The third-order valence-electron chi connectivity index (χ3n) is 5.62. The molecule has 7 nitrogen and oxygen atoms in total. The van der Waals surface area contributed by atoms with E-state index in [1.54, 1.807) is 24.3 Å². The van der Waals surface area contributed by atoms with Gasteiger partial charge in [0.05, 0.1) is 17.0 Å². The van der Waals surface area contributed by atoms with Gasteiger partial charge in [0.15, 0.2) is 0 Å². The van der Waals surface area contributed by atoms with Gasteiger partial charge in [0.25, 0.3) is 0 Å². The van der Waals surface area contributed by atoms with Gasteiger partial charge in [-0.15, -0.1) is 0 Å². The number of carbonyl (C=O) groups excluding carboxylic acids is 2. The topological polar surface area (TPSA) is 86.8 Å². The van der Waals surface area contributed by atoms with Crippen LogP contribution >= 0.6 is 11.6 Å². The number of hydrogen-bond donors (Lipinski definition) is 1. The maximum atomic E-state index is 13.8. The highest BCUT2D eigenvalue weighted by atomic mass is 35.5. The van der Waals surface area contributed by atoms with Crippen molar-refractivity contribution >= 4 is 39.1 Å². The largest absolute Gasteiger partial charge is 0.355 e. The van der Waals surface area contributed by atoms with Gasteiger partial charge < -0.3 is 10.2 Å². The first-order valence-electron chi connectivity index (χ1n) is 11.6. The predicted molar refractivity (Wildman–Crippen MR) is 143 cm³/mol. The third kappa shape index (κ3) is 7.32. The molecule has 36 heavy (non-hydrogen) atoms. The van der Waals surface area contributed by atoms with Crippen molar-refractivity contribution in [3.05, 3.63) is 101 Å². The molecule has 0 spiro atoms. The summed E-state index contributed by atoms with van der Waals surface area (Å²) in [5.41, 5.74) is 1.90. The second-order valence-corrected chi connectivity index (χ2v) is 10.6. The molecule has 0 radical (unpaired) electrons. The Bertz CT molecular complexity index is 1270. The van der Waals surface area contributed by atoms with Crippen molar-refractivity contribution in [3.8, 4) is 0 Å². The average Bonchev–Trinajstić information content (AvgIpc) is 2.86. The summed E-state index contributed by atoms with van der Waals surface area (Å²) < 4.78 is 26.4. The van der Waals surface area contributed by atoms with Crippen LogP contribution in [0.15, 0.2) is 84.9 Å². The molecule has 0 saturated carbocycles. The Labute approximate surface area is 217 Å². The maximum absolute atomic E-state index is 13.8. The van der Waals surface area contributed by atoms with Crippen LogP contribution in [0.25, 0.3) is 0 Å². The Morgan fingerprint density at radius 2 is 1.44 bits per heavy atom. The fourth-order valence-corrected chi connectivity index (χ4v) is 5.02. The monoisotopic (exact) mass is 527 g/mol. The smallest absolute Gasteiger partial charge is 0.244 e. The zero-order valence-corrected chi connectivity index (χ0v) is 21.9. The molecule has 0 aliphatic carbocycles. The minimum Gasteiger partial charge on any atom is -0.355 e. The number of anilines is 1. The minimum atomic E-state index is -3.86. The van der Waals surface area contributed by atoms with Gasteiger partial charge in [-0.25, -0.2) is 8.42 Å². The second-order valence-electron chi connectivity index (χ2n) is 8.33. The van der Waals surface area contributed by atoms with Crippen LogP contribution in [0.2, 0.25) is 5.02 Å². The Hall–Kier alpha value is -3.36. The summed E-state index contributed by atoms with van der Waals surface area (Å²) in [7, 11) is -3.86. The molecule has 1 atom stereocenters. The van der Waals surface area contributed by atoms with Crippen LogP contribution in [-0.2, 0) is 32.6 Å². The van der Waals surface area contributed by atoms with Gasteiger partial charge in [0, 0.05) is 19.5 Å². The fraction of sp³-hybridized carbons (Fsp3) is 0.259. The molecule has 0 aliphatic heterocycles. The molecule has 3 aromatic rings. The van der Waals surface area contributed by atoms with E-state index in [9.17, 15) is 18.0 Å². The zero-order chi connectivity index (χ0) is 26.1. The third-order valence-corrected chi connectivity index (χ3v) is 7.06. The number of nitrogens with one attached hydrogen (secondary N) is 1. The molecule has 0 heterocycles. The van der Waals surface area contributed by atoms with Crippen LogP contribution in [-0.4, -0.2) is 50.5 Å². The lowest BCUT2D eigenvalue weighted by atomic mass is 10.0. The summed E-state index contributed by atoms with van der Waals surface area (Å²) in [5.74, 6) is -0.828. The van der Waals surface area contributed by atoms with Crippen LogP contribution in [0, 0.1) is 0 Å². The van der Waals surface area contributed by atoms with Crippen molar-refractivity contribution in [2.24, 2.45) is 0 Å².